The number of hydrogen-bond donors (Lipinski definition) is 0. The van der Waals surface area contributed by atoms with Gasteiger partial charge in [-0.05, 0) is 62.4 Å². The van der Waals surface area contributed by atoms with Gasteiger partial charge in [-0.3, -0.25) is 0 Å². The Morgan fingerprint density at radius 3 is 2.68 bits per heavy atom. The van der Waals surface area contributed by atoms with E-state index in [1.54, 1.807) is 11.3 Å². The van der Waals surface area contributed by atoms with Gasteiger partial charge in [-0.25, -0.2) is 4.98 Å². The number of aryl methyl sites for hydroxylation is 3. The fourth-order valence-corrected chi connectivity index (χ4v) is 4.48. The molecule has 0 bridgehead atoms. The van der Waals surface area contributed by atoms with Gasteiger partial charge in [0.05, 0.1) is 5.39 Å². The molecule has 5 heteroatoms. The molecule has 2 heterocycles. The number of nitrogens with zero attached hydrogens (tertiary/aromatic N) is 2. The zero-order valence-electron chi connectivity index (χ0n) is 12.2. The summed E-state index contributed by atoms with van der Waals surface area (Å²) >= 11 is 5.25. The minimum Gasteiger partial charge on any atom is -0.438 e. The molecule has 0 saturated heterocycles. The van der Waals surface area contributed by atoms with Crippen LogP contribution in [-0.2, 0) is 12.8 Å². The molecule has 2 aromatic heterocycles. The van der Waals surface area contributed by atoms with Crippen LogP contribution >= 0.6 is 27.3 Å². The molecule has 112 valence electrons. The van der Waals surface area contributed by atoms with Gasteiger partial charge in [-0.2, -0.15) is 4.98 Å². The highest BCUT2D eigenvalue weighted by atomic mass is 79.9. The van der Waals surface area contributed by atoms with Gasteiger partial charge in [-0.1, -0.05) is 15.9 Å². The highest BCUT2D eigenvalue weighted by Crippen LogP contribution is 2.40. The normalized spacial score (nSPS) is 14.1. The molecule has 22 heavy (non-hydrogen) atoms. The molecule has 0 fully saturated rings. The molecule has 1 aliphatic rings. The van der Waals surface area contributed by atoms with Crippen molar-refractivity contribution in [3.63, 3.8) is 0 Å². The topological polar surface area (TPSA) is 35.0 Å². The zero-order chi connectivity index (χ0) is 15.1. The van der Waals surface area contributed by atoms with Crippen molar-refractivity contribution in [3.05, 3.63) is 45.0 Å². The molecular weight excluding hydrogens is 360 g/mol. The van der Waals surface area contributed by atoms with Crippen LogP contribution in [0.2, 0.25) is 0 Å². The number of aromatic nitrogens is 2. The molecular formula is C17H15BrN2OS. The summed E-state index contributed by atoms with van der Waals surface area (Å²) in [6.07, 6.45) is 4.78. The van der Waals surface area contributed by atoms with Gasteiger partial charge >= 0.3 is 0 Å². The monoisotopic (exact) mass is 374 g/mol. The average Bonchev–Trinajstić information content (AvgIpc) is 2.87. The van der Waals surface area contributed by atoms with Gasteiger partial charge < -0.3 is 4.74 Å². The molecule has 0 spiro atoms. The number of benzene rings is 1. The van der Waals surface area contributed by atoms with Crippen molar-refractivity contribution < 1.29 is 4.74 Å². The SMILES string of the molecule is Cc1nc(Oc2ccc(Br)cc2)c2c3c(sc2n1)CCCC3. The Morgan fingerprint density at radius 2 is 1.86 bits per heavy atom. The molecule has 1 aliphatic carbocycles. The van der Waals surface area contributed by atoms with Gasteiger partial charge in [0.25, 0.3) is 0 Å². The summed E-state index contributed by atoms with van der Waals surface area (Å²) in [6, 6.07) is 7.85. The molecule has 4 rings (SSSR count). The van der Waals surface area contributed by atoms with Gasteiger partial charge in [0.15, 0.2) is 0 Å². The van der Waals surface area contributed by atoms with E-state index in [9.17, 15) is 0 Å². The number of halogens is 1. The van der Waals surface area contributed by atoms with E-state index >= 15 is 0 Å². The van der Waals surface area contributed by atoms with Gasteiger partial charge in [0, 0.05) is 9.35 Å². The van der Waals surface area contributed by atoms with Crippen LogP contribution in [0.25, 0.3) is 10.2 Å². The summed E-state index contributed by atoms with van der Waals surface area (Å²) in [5, 5.41) is 1.12. The predicted molar refractivity (Wildman–Crippen MR) is 93.0 cm³/mol. The van der Waals surface area contributed by atoms with Crippen molar-refractivity contribution >= 4 is 37.5 Å². The summed E-state index contributed by atoms with van der Waals surface area (Å²) in [5.74, 6) is 2.26. The predicted octanol–water partition coefficient (Wildman–Crippen LogP) is 5.43. The van der Waals surface area contributed by atoms with Crippen LogP contribution in [0.4, 0.5) is 0 Å². The van der Waals surface area contributed by atoms with Gasteiger partial charge in [0.2, 0.25) is 5.88 Å². The molecule has 0 saturated carbocycles. The summed E-state index contributed by atoms with van der Waals surface area (Å²) < 4.78 is 7.13. The van der Waals surface area contributed by atoms with E-state index in [2.05, 4.69) is 25.9 Å². The van der Waals surface area contributed by atoms with E-state index in [0.29, 0.717) is 5.88 Å². The molecule has 3 aromatic rings. The maximum absolute atomic E-state index is 6.09. The highest BCUT2D eigenvalue weighted by Gasteiger charge is 2.21. The lowest BCUT2D eigenvalue weighted by Gasteiger charge is -2.12. The summed E-state index contributed by atoms with van der Waals surface area (Å²) in [4.78, 5) is 11.7. The van der Waals surface area contributed by atoms with E-state index < -0.39 is 0 Å². The van der Waals surface area contributed by atoms with Crippen molar-refractivity contribution in [1.29, 1.82) is 0 Å². The number of hydrogen-bond acceptors (Lipinski definition) is 4. The van der Waals surface area contributed by atoms with E-state index in [1.807, 2.05) is 31.2 Å². The smallest absolute Gasteiger partial charge is 0.231 e. The van der Waals surface area contributed by atoms with Crippen LogP contribution in [0.3, 0.4) is 0 Å². The molecule has 0 N–H and O–H groups in total. The second kappa shape index (κ2) is 5.63. The molecule has 0 amide bonds. The Morgan fingerprint density at radius 1 is 1.09 bits per heavy atom. The van der Waals surface area contributed by atoms with Crippen LogP contribution in [0.1, 0.15) is 29.1 Å². The van der Waals surface area contributed by atoms with Crippen molar-refractivity contribution in [2.45, 2.75) is 32.6 Å². The zero-order valence-corrected chi connectivity index (χ0v) is 14.6. The Labute approximate surface area is 141 Å². The summed E-state index contributed by atoms with van der Waals surface area (Å²) in [7, 11) is 0. The molecule has 0 aliphatic heterocycles. The average molecular weight is 375 g/mol. The lowest BCUT2D eigenvalue weighted by Crippen LogP contribution is -2.00. The fourth-order valence-electron chi connectivity index (χ4n) is 2.91. The number of ether oxygens (including phenoxy) is 1. The third kappa shape index (κ3) is 2.52. The van der Waals surface area contributed by atoms with Crippen LogP contribution in [0, 0.1) is 6.92 Å². The van der Waals surface area contributed by atoms with Gasteiger partial charge in [-0.15, -0.1) is 11.3 Å². The Bertz CT molecular complexity index is 842. The Balaban J connectivity index is 1.85. The molecule has 0 unspecified atom stereocenters. The van der Waals surface area contributed by atoms with E-state index in [4.69, 9.17) is 4.74 Å². The standard InChI is InChI=1S/C17H15BrN2OS/c1-10-19-16(21-12-8-6-11(18)7-9-12)15-13-4-2-3-5-14(13)22-17(15)20-10/h6-9H,2-5H2,1H3. The largest absolute Gasteiger partial charge is 0.438 e. The number of thiophene rings is 1. The molecule has 0 atom stereocenters. The Kier molecular flexibility index (Phi) is 3.62. The van der Waals surface area contributed by atoms with Crippen molar-refractivity contribution in [3.8, 4) is 11.6 Å². The molecule has 1 aromatic carbocycles. The summed E-state index contributed by atoms with van der Waals surface area (Å²) in [6.45, 7) is 1.92. The van der Waals surface area contributed by atoms with Crippen LogP contribution in [0.15, 0.2) is 28.7 Å². The van der Waals surface area contributed by atoms with E-state index in [1.165, 1.54) is 23.3 Å². The van der Waals surface area contributed by atoms with Crippen LogP contribution < -0.4 is 4.74 Å². The first-order valence-electron chi connectivity index (χ1n) is 7.43. The third-order valence-electron chi connectivity index (χ3n) is 3.92. The number of rotatable bonds is 2. The maximum atomic E-state index is 6.09. The second-order valence-electron chi connectivity index (χ2n) is 5.52. The lowest BCUT2D eigenvalue weighted by molar-refractivity contribution is 0.466. The molecule has 0 radical (unpaired) electrons. The first-order valence-corrected chi connectivity index (χ1v) is 9.04. The van der Waals surface area contributed by atoms with Crippen LogP contribution in [-0.4, -0.2) is 9.97 Å². The quantitative estimate of drug-likeness (QED) is 0.599. The third-order valence-corrected chi connectivity index (χ3v) is 5.64. The van der Waals surface area contributed by atoms with E-state index in [-0.39, 0.29) is 0 Å². The lowest BCUT2D eigenvalue weighted by atomic mass is 9.97. The van der Waals surface area contributed by atoms with Gasteiger partial charge in [0.1, 0.15) is 16.4 Å². The maximum Gasteiger partial charge on any atom is 0.231 e. The molecule has 3 nitrogen and oxygen atoms in total. The van der Waals surface area contributed by atoms with Crippen molar-refractivity contribution in [2.75, 3.05) is 0 Å². The van der Waals surface area contributed by atoms with Crippen molar-refractivity contribution in [2.24, 2.45) is 0 Å². The minimum atomic E-state index is 0.698. The Hall–Kier alpha value is -1.46. The first kappa shape index (κ1) is 14.2. The second-order valence-corrected chi connectivity index (χ2v) is 7.52. The van der Waals surface area contributed by atoms with E-state index in [0.717, 1.165) is 39.1 Å². The first-order chi connectivity index (χ1) is 10.7. The van der Waals surface area contributed by atoms with Crippen molar-refractivity contribution in [1.82, 2.24) is 9.97 Å². The van der Waals surface area contributed by atoms with Crippen LogP contribution in [0.5, 0.6) is 11.6 Å². The highest BCUT2D eigenvalue weighted by molar-refractivity contribution is 9.10. The number of fused-ring (bicyclic) bond motifs is 3. The fraction of sp³-hybridized carbons (Fsp3) is 0.294. The minimum absolute atomic E-state index is 0.698. The summed E-state index contributed by atoms with van der Waals surface area (Å²) in [5.41, 5.74) is 1.40.